The zero-order valence-corrected chi connectivity index (χ0v) is 14.7. The molecular weight excluding hydrogens is 348 g/mol. The second-order valence-electron chi connectivity index (χ2n) is 6.55. The van der Waals surface area contributed by atoms with E-state index in [2.05, 4.69) is 20.3 Å². The Morgan fingerprint density at radius 3 is 2.78 bits per heavy atom. The SMILES string of the molecule is Nc1ncnc2c1nc(NCCc1ccc(O)cc1)n2C1CCC(CO)O1. The number of nitrogens with one attached hydrogen (secondary N) is 1. The van der Waals surface area contributed by atoms with Gasteiger partial charge in [-0.25, -0.2) is 15.0 Å². The zero-order chi connectivity index (χ0) is 18.8. The molecule has 0 bridgehead atoms. The summed E-state index contributed by atoms with van der Waals surface area (Å²) >= 11 is 0. The third kappa shape index (κ3) is 3.51. The van der Waals surface area contributed by atoms with Crippen LogP contribution in [-0.2, 0) is 11.2 Å². The fourth-order valence-corrected chi connectivity index (χ4v) is 3.32. The number of nitrogens with two attached hydrogens (primary N) is 1. The van der Waals surface area contributed by atoms with Crippen molar-refractivity contribution in [1.29, 1.82) is 0 Å². The Hall–Kier alpha value is -2.91. The Bertz CT molecular complexity index is 927. The number of fused-ring (bicyclic) bond motifs is 1. The summed E-state index contributed by atoms with van der Waals surface area (Å²) in [7, 11) is 0. The Morgan fingerprint density at radius 1 is 1.22 bits per heavy atom. The number of benzene rings is 1. The Kier molecular flexibility index (Phi) is 4.78. The Morgan fingerprint density at radius 2 is 2.04 bits per heavy atom. The van der Waals surface area contributed by atoms with E-state index in [9.17, 15) is 10.2 Å². The van der Waals surface area contributed by atoms with Crippen LogP contribution in [0.25, 0.3) is 11.2 Å². The smallest absolute Gasteiger partial charge is 0.207 e. The van der Waals surface area contributed by atoms with Gasteiger partial charge in [-0.1, -0.05) is 12.1 Å². The van der Waals surface area contributed by atoms with Crippen molar-refractivity contribution < 1.29 is 14.9 Å². The fourth-order valence-electron chi connectivity index (χ4n) is 3.32. The molecule has 5 N–H and O–H groups in total. The van der Waals surface area contributed by atoms with E-state index in [0.717, 1.165) is 24.8 Å². The number of nitrogen functional groups attached to an aromatic ring is 1. The van der Waals surface area contributed by atoms with Crippen molar-refractivity contribution >= 4 is 22.9 Å². The lowest BCUT2D eigenvalue weighted by molar-refractivity contribution is -0.0197. The first-order valence-electron chi connectivity index (χ1n) is 8.92. The molecule has 2 atom stereocenters. The van der Waals surface area contributed by atoms with Crippen LogP contribution in [-0.4, -0.2) is 49.0 Å². The summed E-state index contributed by atoms with van der Waals surface area (Å²) in [5, 5.41) is 22.1. The van der Waals surface area contributed by atoms with Crippen molar-refractivity contribution in [3.05, 3.63) is 36.2 Å². The van der Waals surface area contributed by atoms with Gasteiger partial charge in [0.25, 0.3) is 0 Å². The van der Waals surface area contributed by atoms with Gasteiger partial charge in [0.2, 0.25) is 5.95 Å². The van der Waals surface area contributed by atoms with E-state index < -0.39 is 0 Å². The van der Waals surface area contributed by atoms with Gasteiger partial charge in [0.05, 0.1) is 12.7 Å². The number of aromatic hydroxyl groups is 1. The van der Waals surface area contributed by atoms with Crippen LogP contribution in [0.15, 0.2) is 30.6 Å². The number of aliphatic hydroxyl groups excluding tert-OH is 1. The highest BCUT2D eigenvalue weighted by Crippen LogP contribution is 2.34. The lowest BCUT2D eigenvalue weighted by Gasteiger charge is -2.17. The van der Waals surface area contributed by atoms with Crippen LogP contribution in [0.5, 0.6) is 5.75 Å². The molecule has 0 spiro atoms. The maximum absolute atomic E-state index is 9.38. The minimum Gasteiger partial charge on any atom is -0.508 e. The first-order valence-corrected chi connectivity index (χ1v) is 8.92. The van der Waals surface area contributed by atoms with E-state index in [1.54, 1.807) is 12.1 Å². The lowest BCUT2D eigenvalue weighted by atomic mass is 10.1. The molecule has 27 heavy (non-hydrogen) atoms. The Labute approximate surface area is 155 Å². The van der Waals surface area contributed by atoms with Crippen molar-refractivity contribution in [2.45, 2.75) is 31.6 Å². The first-order chi connectivity index (χ1) is 13.2. The van der Waals surface area contributed by atoms with Crippen LogP contribution in [0.2, 0.25) is 0 Å². The summed E-state index contributed by atoms with van der Waals surface area (Å²) in [5.41, 5.74) is 8.20. The van der Waals surface area contributed by atoms with Crippen LogP contribution < -0.4 is 11.1 Å². The number of hydrogen-bond donors (Lipinski definition) is 4. The van der Waals surface area contributed by atoms with Crippen LogP contribution in [0.3, 0.4) is 0 Å². The van der Waals surface area contributed by atoms with Crippen LogP contribution in [0, 0.1) is 0 Å². The summed E-state index contributed by atoms with van der Waals surface area (Å²) < 4.78 is 7.81. The number of imidazole rings is 1. The van der Waals surface area contributed by atoms with Crippen molar-refractivity contribution in [1.82, 2.24) is 19.5 Å². The third-order valence-electron chi connectivity index (χ3n) is 4.72. The maximum Gasteiger partial charge on any atom is 0.207 e. The van der Waals surface area contributed by atoms with Gasteiger partial charge >= 0.3 is 0 Å². The van der Waals surface area contributed by atoms with E-state index >= 15 is 0 Å². The van der Waals surface area contributed by atoms with E-state index in [1.807, 2.05) is 16.7 Å². The minimum absolute atomic E-state index is 0.0101. The highest BCUT2D eigenvalue weighted by molar-refractivity contribution is 5.84. The van der Waals surface area contributed by atoms with Crippen molar-refractivity contribution in [2.75, 3.05) is 24.2 Å². The molecule has 142 valence electrons. The van der Waals surface area contributed by atoms with Crippen molar-refractivity contribution in [2.24, 2.45) is 0 Å². The number of aliphatic hydroxyl groups is 1. The normalized spacial score (nSPS) is 19.6. The van der Waals surface area contributed by atoms with Gasteiger partial charge in [-0.3, -0.25) is 4.57 Å². The van der Waals surface area contributed by atoms with Gasteiger partial charge in [0.1, 0.15) is 18.3 Å². The topological polar surface area (TPSA) is 131 Å². The first kappa shape index (κ1) is 17.5. The molecule has 1 aromatic carbocycles. The minimum atomic E-state index is -0.266. The summed E-state index contributed by atoms with van der Waals surface area (Å²) in [6, 6.07) is 7.11. The number of rotatable bonds is 6. The summed E-state index contributed by atoms with van der Waals surface area (Å²) in [6.07, 6.45) is 3.25. The van der Waals surface area contributed by atoms with Crippen LogP contribution in [0.1, 0.15) is 24.6 Å². The molecular formula is C18H22N6O3. The molecule has 3 aromatic rings. The van der Waals surface area contributed by atoms with E-state index in [0.29, 0.717) is 29.5 Å². The molecule has 0 amide bonds. The maximum atomic E-state index is 9.38. The number of phenolic OH excluding ortho intramolecular Hbond substituents is 1. The van der Waals surface area contributed by atoms with Gasteiger partial charge < -0.3 is 26.0 Å². The molecule has 2 aromatic heterocycles. The number of phenols is 1. The zero-order valence-electron chi connectivity index (χ0n) is 14.7. The molecule has 4 rings (SSSR count). The third-order valence-corrected chi connectivity index (χ3v) is 4.72. The van der Waals surface area contributed by atoms with E-state index in [-0.39, 0.29) is 24.7 Å². The highest BCUT2D eigenvalue weighted by Gasteiger charge is 2.30. The summed E-state index contributed by atoms with van der Waals surface area (Å²) in [5.74, 6) is 1.18. The van der Waals surface area contributed by atoms with Crippen LogP contribution in [0.4, 0.5) is 11.8 Å². The molecule has 0 aliphatic carbocycles. The second-order valence-corrected chi connectivity index (χ2v) is 6.55. The number of hydrogen-bond acceptors (Lipinski definition) is 8. The molecule has 9 heteroatoms. The number of anilines is 2. The monoisotopic (exact) mass is 370 g/mol. The van der Waals surface area contributed by atoms with Crippen molar-refractivity contribution in [3.63, 3.8) is 0 Å². The number of ether oxygens (including phenoxy) is 1. The average Bonchev–Trinajstić information content (AvgIpc) is 3.28. The van der Waals surface area contributed by atoms with E-state index in [4.69, 9.17) is 10.5 Å². The molecule has 1 saturated heterocycles. The molecule has 9 nitrogen and oxygen atoms in total. The number of aromatic nitrogens is 4. The summed E-state index contributed by atoms with van der Waals surface area (Å²) in [4.78, 5) is 12.9. The largest absolute Gasteiger partial charge is 0.508 e. The Balaban J connectivity index is 1.58. The highest BCUT2D eigenvalue weighted by atomic mass is 16.5. The van der Waals surface area contributed by atoms with Gasteiger partial charge in [-0.15, -0.1) is 0 Å². The lowest BCUT2D eigenvalue weighted by Crippen LogP contribution is -2.17. The summed E-state index contributed by atoms with van der Waals surface area (Å²) in [6.45, 7) is 0.626. The second kappa shape index (κ2) is 7.37. The van der Waals surface area contributed by atoms with Crippen LogP contribution >= 0.6 is 0 Å². The molecule has 0 radical (unpaired) electrons. The van der Waals surface area contributed by atoms with Gasteiger partial charge in [0, 0.05) is 6.54 Å². The molecule has 0 saturated carbocycles. The van der Waals surface area contributed by atoms with Gasteiger partial charge in [0.15, 0.2) is 17.0 Å². The standard InChI is InChI=1S/C18H22N6O3/c19-16-15-17(22-10-21-16)24(14-6-5-13(9-25)27-14)18(23-15)20-8-7-11-1-3-12(26)4-2-11/h1-4,10,13-14,25-26H,5-9H2,(H,20,23)(H2,19,21,22). The van der Waals surface area contributed by atoms with Crippen molar-refractivity contribution in [3.8, 4) is 5.75 Å². The van der Waals surface area contributed by atoms with E-state index in [1.165, 1.54) is 6.33 Å². The quantitative estimate of drug-likeness (QED) is 0.512. The molecule has 1 fully saturated rings. The molecule has 2 unspecified atom stereocenters. The predicted octanol–water partition coefficient (Wildman–Crippen LogP) is 1.44. The average molecular weight is 370 g/mol. The van der Waals surface area contributed by atoms with Gasteiger partial charge in [-0.2, -0.15) is 0 Å². The number of nitrogens with zero attached hydrogens (tertiary/aromatic N) is 4. The van der Waals surface area contributed by atoms with Gasteiger partial charge in [-0.05, 0) is 37.0 Å². The molecule has 3 heterocycles. The fraction of sp³-hybridized carbons (Fsp3) is 0.389. The predicted molar refractivity (Wildman–Crippen MR) is 100 cm³/mol. The molecule has 1 aliphatic rings. The molecule has 1 aliphatic heterocycles.